The zero-order chi connectivity index (χ0) is 21.2. The molecular formula is C16H13ClF4N2O4S. The minimum Gasteiger partial charge on any atom is -0.465 e. The molecule has 0 aliphatic rings. The van der Waals surface area contributed by atoms with E-state index in [4.69, 9.17) is 11.6 Å². The topological polar surface area (TPSA) is 78.3 Å². The summed E-state index contributed by atoms with van der Waals surface area (Å²) in [5, 5.41) is 3.22. The molecule has 0 aliphatic carbocycles. The molecule has 0 N–H and O–H groups in total. The Morgan fingerprint density at radius 2 is 1.96 bits per heavy atom. The smallest absolute Gasteiger partial charge is 0.433 e. The van der Waals surface area contributed by atoms with Gasteiger partial charge in [-0.3, -0.25) is 18.5 Å². The Labute approximate surface area is 163 Å². The van der Waals surface area contributed by atoms with Crippen molar-refractivity contribution in [3.8, 4) is 11.3 Å². The summed E-state index contributed by atoms with van der Waals surface area (Å²) < 4.78 is 70.3. The number of alkyl halides is 3. The fraction of sp³-hybridized carbons (Fsp3) is 0.312. The number of halogens is 5. The van der Waals surface area contributed by atoms with Gasteiger partial charge in [0.15, 0.2) is 0 Å². The van der Waals surface area contributed by atoms with Crippen molar-refractivity contribution in [3.63, 3.8) is 0 Å². The van der Waals surface area contributed by atoms with Crippen LogP contribution in [0.15, 0.2) is 27.9 Å². The minimum atomic E-state index is -4.83. The average Bonchev–Trinajstić information content (AvgIpc) is 2.56. The van der Waals surface area contributed by atoms with Crippen molar-refractivity contribution in [1.82, 2.24) is 9.78 Å². The number of hydrogen-bond acceptors (Lipinski definition) is 5. The van der Waals surface area contributed by atoms with E-state index in [-0.39, 0.29) is 22.6 Å². The number of carbonyl (C=O) groups is 1. The molecule has 0 spiro atoms. The highest BCUT2D eigenvalue weighted by Gasteiger charge is 2.35. The molecule has 6 nitrogen and oxygen atoms in total. The fourth-order valence-corrected chi connectivity index (χ4v) is 3.65. The van der Waals surface area contributed by atoms with E-state index in [0.717, 1.165) is 19.2 Å². The predicted octanol–water partition coefficient (Wildman–Crippen LogP) is 2.93. The van der Waals surface area contributed by atoms with Crippen molar-refractivity contribution in [2.45, 2.75) is 18.0 Å². The summed E-state index contributed by atoms with van der Waals surface area (Å²) in [6, 6.07) is 1.95. The highest BCUT2D eigenvalue weighted by atomic mass is 35.5. The first-order valence-electron chi connectivity index (χ1n) is 7.64. The first-order valence-corrected chi connectivity index (χ1v) is 9.34. The molecule has 28 heavy (non-hydrogen) atoms. The number of ether oxygens (including phenoxy) is 1. The number of rotatable bonds is 5. The molecule has 0 fully saturated rings. The summed E-state index contributed by atoms with van der Waals surface area (Å²) >= 11 is 5.86. The molecule has 0 saturated carbocycles. The molecule has 12 heteroatoms. The van der Waals surface area contributed by atoms with Crippen LogP contribution in [-0.2, 0) is 33.6 Å². The van der Waals surface area contributed by atoms with Gasteiger partial charge in [-0.2, -0.15) is 18.3 Å². The Morgan fingerprint density at radius 3 is 2.54 bits per heavy atom. The van der Waals surface area contributed by atoms with Crippen molar-refractivity contribution in [1.29, 1.82) is 0 Å². The molecule has 2 rings (SSSR count). The first-order chi connectivity index (χ1) is 13.0. The van der Waals surface area contributed by atoms with Gasteiger partial charge in [-0.05, 0) is 19.1 Å². The van der Waals surface area contributed by atoms with E-state index >= 15 is 0 Å². The van der Waals surface area contributed by atoms with Crippen LogP contribution in [0.4, 0.5) is 17.6 Å². The lowest BCUT2D eigenvalue weighted by atomic mass is 10.1. The Bertz CT molecular complexity index is 1010. The van der Waals surface area contributed by atoms with E-state index in [0.29, 0.717) is 4.68 Å². The van der Waals surface area contributed by atoms with Gasteiger partial charge in [0.2, 0.25) is 5.43 Å². The quantitative estimate of drug-likeness (QED) is 0.527. The third-order valence-corrected chi connectivity index (χ3v) is 5.22. The maximum atomic E-state index is 14.3. The van der Waals surface area contributed by atoms with Gasteiger partial charge in [-0.15, -0.1) is 0 Å². The average molecular weight is 441 g/mol. The molecule has 0 bridgehead atoms. The zero-order valence-corrected chi connectivity index (χ0v) is 16.0. The van der Waals surface area contributed by atoms with Crippen molar-refractivity contribution >= 4 is 28.4 Å². The van der Waals surface area contributed by atoms with E-state index < -0.39 is 56.9 Å². The Balaban J connectivity index is 2.56. The third kappa shape index (κ3) is 4.76. The molecule has 1 atom stereocenters. The maximum absolute atomic E-state index is 14.3. The van der Waals surface area contributed by atoms with Crippen LogP contribution in [0.1, 0.15) is 12.6 Å². The molecule has 0 amide bonds. The predicted molar refractivity (Wildman–Crippen MR) is 92.8 cm³/mol. The Kier molecular flexibility index (Phi) is 6.60. The number of esters is 1. The standard InChI is InChI=1S/C16H13ClF4N2O4S/c1-3-27-14(25)7-28(26)12-4-8(10(18)5-9(12)17)15-11(24)6-13(16(19,20)21)23(2)22-15/h4-6H,3,7H2,1-2H3. The van der Waals surface area contributed by atoms with Crippen LogP contribution >= 0.6 is 11.6 Å². The van der Waals surface area contributed by atoms with Gasteiger partial charge in [0.1, 0.15) is 23.0 Å². The SMILES string of the molecule is CCOC(=O)CS(=O)c1cc(-c2nn(C)c(C(F)(F)F)cc2=O)c(F)cc1Cl. The lowest BCUT2D eigenvalue weighted by Gasteiger charge is -2.13. The van der Waals surface area contributed by atoms with E-state index in [1.165, 1.54) is 0 Å². The summed E-state index contributed by atoms with van der Waals surface area (Å²) in [6.45, 7) is 1.61. The number of hydrogen-bond donors (Lipinski definition) is 0. The lowest BCUT2D eigenvalue weighted by molar-refractivity contribution is -0.144. The van der Waals surface area contributed by atoms with Crippen LogP contribution in [0, 0.1) is 5.82 Å². The van der Waals surface area contributed by atoms with Gasteiger partial charge < -0.3 is 4.74 Å². The molecule has 0 aliphatic heterocycles. The van der Waals surface area contributed by atoms with Crippen molar-refractivity contribution in [2.24, 2.45) is 7.05 Å². The first kappa shape index (κ1) is 22.0. The number of aryl methyl sites for hydroxylation is 1. The fourth-order valence-electron chi connectivity index (χ4n) is 2.26. The largest absolute Gasteiger partial charge is 0.465 e. The molecule has 1 aromatic heterocycles. The summed E-state index contributed by atoms with van der Waals surface area (Å²) in [5.41, 5.74) is -3.62. The molecule has 1 aromatic carbocycles. The lowest BCUT2D eigenvalue weighted by Crippen LogP contribution is -2.23. The summed E-state index contributed by atoms with van der Waals surface area (Å²) in [7, 11) is -1.10. The van der Waals surface area contributed by atoms with Crippen molar-refractivity contribution in [3.05, 3.63) is 45.0 Å². The van der Waals surface area contributed by atoms with Crippen LogP contribution < -0.4 is 5.43 Å². The highest BCUT2D eigenvalue weighted by molar-refractivity contribution is 7.85. The second kappa shape index (κ2) is 8.39. The van der Waals surface area contributed by atoms with Gasteiger partial charge in [0.25, 0.3) is 0 Å². The zero-order valence-electron chi connectivity index (χ0n) is 14.5. The second-order valence-corrected chi connectivity index (χ2v) is 7.25. The van der Waals surface area contributed by atoms with Crippen molar-refractivity contribution in [2.75, 3.05) is 12.4 Å². The maximum Gasteiger partial charge on any atom is 0.433 e. The molecule has 0 saturated heterocycles. The van der Waals surface area contributed by atoms with Crippen LogP contribution in [0.2, 0.25) is 5.02 Å². The third-order valence-electron chi connectivity index (χ3n) is 3.47. The van der Waals surface area contributed by atoms with E-state index in [1.54, 1.807) is 6.92 Å². The molecule has 2 aromatic rings. The Hall–Kier alpha value is -2.27. The highest BCUT2D eigenvalue weighted by Crippen LogP contribution is 2.31. The Morgan fingerprint density at radius 1 is 1.32 bits per heavy atom. The van der Waals surface area contributed by atoms with Crippen molar-refractivity contribution < 1.29 is 31.3 Å². The van der Waals surface area contributed by atoms with E-state index in [1.807, 2.05) is 0 Å². The molecule has 1 heterocycles. The van der Waals surface area contributed by atoms with Gasteiger partial charge >= 0.3 is 12.1 Å². The van der Waals surface area contributed by atoms with Crippen LogP contribution in [-0.4, -0.2) is 32.3 Å². The van der Waals surface area contributed by atoms with Crippen LogP contribution in [0.25, 0.3) is 11.3 Å². The van der Waals surface area contributed by atoms with Gasteiger partial charge in [0.05, 0.1) is 27.3 Å². The molecular weight excluding hydrogens is 428 g/mol. The van der Waals surface area contributed by atoms with Crippen LogP contribution in [0.5, 0.6) is 0 Å². The number of aromatic nitrogens is 2. The summed E-state index contributed by atoms with van der Waals surface area (Å²) in [5.74, 6) is -2.41. The monoisotopic (exact) mass is 440 g/mol. The van der Waals surface area contributed by atoms with E-state index in [2.05, 4.69) is 9.84 Å². The number of carbonyl (C=O) groups excluding carboxylic acids is 1. The molecule has 0 radical (unpaired) electrons. The normalized spacial score (nSPS) is 12.7. The summed E-state index contributed by atoms with van der Waals surface area (Å²) in [4.78, 5) is 23.4. The number of benzene rings is 1. The van der Waals surface area contributed by atoms with Gasteiger partial charge in [-0.1, -0.05) is 11.6 Å². The van der Waals surface area contributed by atoms with Crippen LogP contribution in [0.3, 0.4) is 0 Å². The second-order valence-electron chi connectivity index (χ2n) is 5.42. The van der Waals surface area contributed by atoms with Gasteiger partial charge in [-0.25, -0.2) is 4.39 Å². The molecule has 152 valence electrons. The number of nitrogens with zero attached hydrogens (tertiary/aromatic N) is 2. The summed E-state index contributed by atoms with van der Waals surface area (Å²) in [6.07, 6.45) is -4.83. The molecule has 1 unspecified atom stereocenters. The minimum absolute atomic E-state index is 0.0595. The van der Waals surface area contributed by atoms with E-state index in [9.17, 15) is 31.4 Å². The van der Waals surface area contributed by atoms with Gasteiger partial charge in [0, 0.05) is 18.7 Å².